The highest BCUT2D eigenvalue weighted by molar-refractivity contribution is 7.98. The smallest absolute Gasteiger partial charge is 0.0864 e. The lowest BCUT2D eigenvalue weighted by molar-refractivity contribution is 0.0398. The van der Waals surface area contributed by atoms with Gasteiger partial charge in [0.25, 0.3) is 0 Å². The van der Waals surface area contributed by atoms with Crippen LogP contribution >= 0.6 is 11.8 Å². The third-order valence-corrected chi connectivity index (χ3v) is 4.00. The minimum absolute atomic E-state index is 0.386. The molecule has 106 valence electrons. The van der Waals surface area contributed by atoms with Crippen LogP contribution in [0.15, 0.2) is 60.7 Å². The Balaban J connectivity index is 1.58. The van der Waals surface area contributed by atoms with Crippen LogP contribution in [0.3, 0.4) is 0 Å². The van der Waals surface area contributed by atoms with Crippen LogP contribution in [-0.4, -0.2) is 23.6 Å². The average molecular weight is 288 g/mol. The number of aliphatic hydroxyl groups is 1. The van der Waals surface area contributed by atoms with Crippen LogP contribution < -0.4 is 0 Å². The first kappa shape index (κ1) is 15.1. The van der Waals surface area contributed by atoms with Crippen LogP contribution in [0.4, 0.5) is 0 Å². The van der Waals surface area contributed by atoms with Crippen molar-refractivity contribution in [1.29, 1.82) is 0 Å². The summed E-state index contributed by atoms with van der Waals surface area (Å²) in [5.41, 5.74) is 2.42. The van der Waals surface area contributed by atoms with Gasteiger partial charge in [-0.3, -0.25) is 0 Å². The SMILES string of the molecule is O[C@@H](COCc1ccccc1)CSCc1ccccc1. The van der Waals surface area contributed by atoms with E-state index >= 15 is 0 Å². The van der Waals surface area contributed by atoms with Gasteiger partial charge in [-0.25, -0.2) is 0 Å². The van der Waals surface area contributed by atoms with E-state index in [0.717, 1.165) is 11.3 Å². The first-order valence-electron chi connectivity index (χ1n) is 6.76. The van der Waals surface area contributed by atoms with Gasteiger partial charge in [0.15, 0.2) is 0 Å². The summed E-state index contributed by atoms with van der Waals surface area (Å²) in [4.78, 5) is 0. The first-order chi connectivity index (χ1) is 9.84. The molecule has 2 aromatic carbocycles. The van der Waals surface area contributed by atoms with Gasteiger partial charge in [-0.15, -0.1) is 0 Å². The number of rotatable bonds is 8. The van der Waals surface area contributed by atoms with Crippen molar-refractivity contribution in [3.8, 4) is 0 Å². The monoisotopic (exact) mass is 288 g/mol. The number of aliphatic hydroxyl groups excluding tert-OH is 1. The molecule has 0 unspecified atom stereocenters. The molecular weight excluding hydrogens is 268 g/mol. The van der Waals surface area contributed by atoms with Gasteiger partial charge in [0, 0.05) is 11.5 Å². The number of thioether (sulfide) groups is 1. The second kappa shape index (κ2) is 8.80. The number of hydrogen-bond acceptors (Lipinski definition) is 3. The van der Waals surface area contributed by atoms with Crippen LogP contribution in [0.5, 0.6) is 0 Å². The number of ether oxygens (including phenoxy) is 1. The molecule has 0 amide bonds. The lowest BCUT2D eigenvalue weighted by Crippen LogP contribution is -2.18. The summed E-state index contributed by atoms with van der Waals surface area (Å²) in [5.74, 6) is 1.63. The number of benzene rings is 2. The van der Waals surface area contributed by atoms with Crippen LogP contribution in [0, 0.1) is 0 Å². The summed E-state index contributed by atoms with van der Waals surface area (Å²) in [6.07, 6.45) is -0.410. The fourth-order valence-corrected chi connectivity index (χ4v) is 2.74. The van der Waals surface area contributed by atoms with Crippen molar-refractivity contribution in [3.63, 3.8) is 0 Å². The predicted octanol–water partition coefficient (Wildman–Crippen LogP) is 3.50. The van der Waals surface area contributed by atoms with E-state index in [1.807, 2.05) is 48.5 Å². The summed E-state index contributed by atoms with van der Waals surface area (Å²) in [6.45, 7) is 0.942. The first-order valence-corrected chi connectivity index (χ1v) is 7.91. The van der Waals surface area contributed by atoms with Gasteiger partial charge in [0.1, 0.15) is 0 Å². The summed E-state index contributed by atoms with van der Waals surface area (Å²) >= 11 is 1.73. The van der Waals surface area contributed by atoms with Gasteiger partial charge in [-0.2, -0.15) is 11.8 Å². The van der Waals surface area contributed by atoms with Crippen LogP contribution in [0.1, 0.15) is 11.1 Å². The highest BCUT2D eigenvalue weighted by Gasteiger charge is 2.05. The van der Waals surface area contributed by atoms with Crippen molar-refractivity contribution in [2.75, 3.05) is 12.4 Å². The van der Waals surface area contributed by atoms with Gasteiger partial charge in [-0.05, 0) is 11.1 Å². The molecule has 20 heavy (non-hydrogen) atoms. The normalized spacial score (nSPS) is 12.2. The molecule has 3 heteroatoms. The Morgan fingerprint density at radius 2 is 1.50 bits per heavy atom. The molecule has 0 fully saturated rings. The molecule has 0 radical (unpaired) electrons. The van der Waals surface area contributed by atoms with Crippen LogP contribution in [0.25, 0.3) is 0 Å². The molecule has 0 aromatic heterocycles. The molecule has 0 saturated heterocycles. The molecule has 0 spiro atoms. The van der Waals surface area contributed by atoms with Crippen molar-refractivity contribution >= 4 is 11.8 Å². The second-order valence-electron chi connectivity index (χ2n) is 4.66. The van der Waals surface area contributed by atoms with Gasteiger partial charge in [0.05, 0.1) is 19.3 Å². The van der Waals surface area contributed by atoms with Crippen LogP contribution in [0.2, 0.25) is 0 Å². The summed E-state index contributed by atoms with van der Waals surface area (Å²) < 4.78 is 5.52. The van der Waals surface area contributed by atoms with E-state index < -0.39 is 6.10 Å². The zero-order chi connectivity index (χ0) is 14.0. The lowest BCUT2D eigenvalue weighted by Gasteiger charge is -2.11. The van der Waals surface area contributed by atoms with Gasteiger partial charge < -0.3 is 9.84 Å². The van der Waals surface area contributed by atoms with E-state index in [9.17, 15) is 5.11 Å². The minimum atomic E-state index is -0.410. The highest BCUT2D eigenvalue weighted by atomic mass is 32.2. The Morgan fingerprint density at radius 3 is 2.15 bits per heavy atom. The van der Waals surface area contributed by atoms with Gasteiger partial charge in [0.2, 0.25) is 0 Å². The lowest BCUT2D eigenvalue weighted by atomic mass is 10.2. The molecule has 1 N–H and O–H groups in total. The molecule has 1 atom stereocenters. The molecule has 0 heterocycles. The third-order valence-electron chi connectivity index (χ3n) is 2.84. The van der Waals surface area contributed by atoms with Crippen molar-refractivity contribution < 1.29 is 9.84 Å². The predicted molar refractivity (Wildman–Crippen MR) is 84.7 cm³/mol. The fourth-order valence-electron chi connectivity index (χ4n) is 1.82. The molecular formula is C17H20O2S. The number of hydrogen-bond donors (Lipinski definition) is 1. The fraction of sp³-hybridized carbons (Fsp3) is 0.294. The standard InChI is InChI=1S/C17H20O2S/c18-17(12-19-11-15-7-3-1-4-8-15)14-20-13-16-9-5-2-6-10-16/h1-10,17-18H,11-14H2/t17-/m0/s1. The van der Waals surface area contributed by atoms with Crippen molar-refractivity contribution in [3.05, 3.63) is 71.8 Å². The molecule has 0 bridgehead atoms. The zero-order valence-corrected chi connectivity index (χ0v) is 12.3. The topological polar surface area (TPSA) is 29.5 Å². The Morgan fingerprint density at radius 1 is 0.900 bits per heavy atom. The van der Waals surface area contributed by atoms with E-state index in [1.54, 1.807) is 11.8 Å². The average Bonchev–Trinajstić information content (AvgIpc) is 2.49. The van der Waals surface area contributed by atoms with Gasteiger partial charge >= 0.3 is 0 Å². The molecule has 0 aliphatic heterocycles. The molecule has 2 rings (SSSR count). The summed E-state index contributed by atoms with van der Waals surface area (Å²) in [7, 11) is 0. The van der Waals surface area contributed by atoms with Crippen molar-refractivity contribution in [1.82, 2.24) is 0 Å². The van der Waals surface area contributed by atoms with Crippen LogP contribution in [-0.2, 0) is 17.1 Å². The van der Waals surface area contributed by atoms with E-state index in [1.165, 1.54) is 5.56 Å². The largest absolute Gasteiger partial charge is 0.390 e. The van der Waals surface area contributed by atoms with E-state index in [4.69, 9.17) is 4.74 Å². The molecule has 0 aliphatic rings. The molecule has 0 aliphatic carbocycles. The maximum Gasteiger partial charge on any atom is 0.0864 e. The summed E-state index contributed by atoms with van der Waals surface area (Å²) in [6, 6.07) is 20.3. The van der Waals surface area contributed by atoms with Crippen molar-refractivity contribution in [2.24, 2.45) is 0 Å². The highest BCUT2D eigenvalue weighted by Crippen LogP contribution is 2.13. The minimum Gasteiger partial charge on any atom is -0.390 e. The molecule has 2 nitrogen and oxygen atoms in total. The maximum absolute atomic E-state index is 9.86. The molecule has 2 aromatic rings. The Kier molecular flexibility index (Phi) is 6.64. The van der Waals surface area contributed by atoms with E-state index in [2.05, 4.69) is 12.1 Å². The quantitative estimate of drug-likeness (QED) is 0.806. The molecule has 0 saturated carbocycles. The Bertz CT molecular complexity index is 427. The van der Waals surface area contributed by atoms with Crippen molar-refractivity contribution in [2.45, 2.75) is 18.5 Å². The maximum atomic E-state index is 9.86. The Labute approximate surface area is 124 Å². The van der Waals surface area contributed by atoms with E-state index in [-0.39, 0.29) is 0 Å². The second-order valence-corrected chi connectivity index (χ2v) is 5.69. The van der Waals surface area contributed by atoms with Gasteiger partial charge in [-0.1, -0.05) is 60.7 Å². The third kappa shape index (κ3) is 5.78. The zero-order valence-electron chi connectivity index (χ0n) is 11.4. The summed E-state index contributed by atoms with van der Waals surface area (Å²) in [5, 5.41) is 9.86. The van der Waals surface area contributed by atoms with E-state index in [0.29, 0.717) is 19.0 Å². The Hall–Kier alpha value is -1.29.